The summed E-state index contributed by atoms with van der Waals surface area (Å²) in [5.74, 6) is 5.42. The molecule has 0 spiro atoms. The van der Waals surface area contributed by atoms with E-state index in [1.807, 2.05) is 13.0 Å². The Bertz CT molecular complexity index is 224. The lowest BCUT2D eigenvalue weighted by Crippen LogP contribution is -2.30. The number of hydrazine groups is 1. The minimum Gasteiger partial charge on any atom is -0.472 e. The fourth-order valence-electron chi connectivity index (χ4n) is 1.20. The smallest absolute Gasteiger partial charge is 0.0950 e. The number of nitrogens with one attached hydrogen (secondary N) is 1. The van der Waals surface area contributed by atoms with Crippen LogP contribution < -0.4 is 11.3 Å². The third-order valence-corrected chi connectivity index (χ3v) is 2.12. The van der Waals surface area contributed by atoms with Gasteiger partial charge in [0.1, 0.15) is 0 Å². The average Bonchev–Trinajstić information content (AvgIpc) is 2.66. The van der Waals surface area contributed by atoms with Gasteiger partial charge in [-0.3, -0.25) is 11.3 Å². The second-order valence-corrected chi connectivity index (χ2v) is 3.06. The molecule has 1 aromatic rings. The van der Waals surface area contributed by atoms with Gasteiger partial charge in [-0.2, -0.15) is 0 Å². The molecule has 0 bridgehead atoms. The summed E-state index contributed by atoms with van der Waals surface area (Å²) in [6.45, 7) is 2.00. The lowest BCUT2D eigenvalue weighted by molar-refractivity contribution is 0.100. The second-order valence-electron chi connectivity index (χ2n) is 3.06. The van der Waals surface area contributed by atoms with Gasteiger partial charge in [0.25, 0.3) is 0 Å². The van der Waals surface area contributed by atoms with E-state index in [4.69, 9.17) is 15.0 Å². The van der Waals surface area contributed by atoms with E-state index in [0.29, 0.717) is 0 Å². The molecule has 13 heavy (non-hydrogen) atoms. The topological polar surface area (TPSA) is 60.4 Å². The summed E-state index contributed by atoms with van der Waals surface area (Å²) >= 11 is 0. The predicted octanol–water partition coefficient (Wildman–Crippen LogP) is 1.21. The van der Waals surface area contributed by atoms with Crippen molar-refractivity contribution in [3.8, 4) is 0 Å². The number of rotatable bonds is 5. The van der Waals surface area contributed by atoms with Crippen molar-refractivity contribution in [2.75, 3.05) is 7.11 Å². The molecular weight excluding hydrogens is 168 g/mol. The van der Waals surface area contributed by atoms with E-state index in [9.17, 15) is 0 Å². The number of hydrogen-bond acceptors (Lipinski definition) is 4. The van der Waals surface area contributed by atoms with Crippen molar-refractivity contribution < 1.29 is 9.15 Å². The monoisotopic (exact) mass is 184 g/mol. The predicted molar refractivity (Wildman–Crippen MR) is 49.9 cm³/mol. The molecule has 74 valence electrons. The highest BCUT2D eigenvalue weighted by molar-refractivity contribution is 5.11. The van der Waals surface area contributed by atoms with E-state index >= 15 is 0 Å². The molecule has 0 amide bonds. The molecule has 2 atom stereocenters. The van der Waals surface area contributed by atoms with E-state index in [-0.39, 0.29) is 12.1 Å². The first-order valence-electron chi connectivity index (χ1n) is 4.29. The van der Waals surface area contributed by atoms with Gasteiger partial charge in [0.05, 0.1) is 24.7 Å². The number of furan rings is 1. The van der Waals surface area contributed by atoms with Crippen molar-refractivity contribution in [2.24, 2.45) is 5.84 Å². The maximum Gasteiger partial charge on any atom is 0.0950 e. The third kappa shape index (κ3) is 2.84. The fourth-order valence-corrected chi connectivity index (χ4v) is 1.20. The first-order chi connectivity index (χ1) is 6.27. The van der Waals surface area contributed by atoms with Gasteiger partial charge in [-0.15, -0.1) is 0 Å². The summed E-state index contributed by atoms with van der Waals surface area (Å²) in [4.78, 5) is 0. The molecule has 1 aromatic heterocycles. The van der Waals surface area contributed by atoms with Gasteiger partial charge in [-0.05, 0) is 19.4 Å². The van der Waals surface area contributed by atoms with Crippen LogP contribution >= 0.6 is 0 Å². The zero-order valence-electron chi connectivity index (χ0n) is 7.99. The van der Waals surface area contributed by atoms with Crippen LogP contribution in [0.25, 0.3) is 0 Å². The summed E-state index contributed by atoms with van der Waals surface area (Å²) in [6, 6.07) is 1.99. The van der Waals surface area contributed by atoms with Gasteiger partial charge in [0.15, 0.2) is 0 Å². The van der Waals surface area contributed by atoms with Crippen LogP contribution in [0.5, 0.6) is 0 Å². The standard InChI is InChI=1S/C9H16N2O2/c1-7(12-2)5-9(11-10)8-3-4-13-6-8/h3-4,6-7,9,11H,5,10H2,1-2H3. The zero-order valence-corrected chi connectivity index (χ0v) is 7.99. The normalized spacial score (nSPS) is 15.6. The Morgan fingerprint density at radius 1 is 1.69 bits per heavy atom. The quantitative estimate of drug-likeness (QED) is 0.533. The van der Waals surface area contributed by atoms with Gasteiger partial charge in [-0.1, -0.05) is 0 Å². The minimum atomic E-state index is 0.0914. The molecule has 0 aliphatic heterocycles. The molecule has 0 radical (unpaired) electrons. The summed E-state index contributed by atoms with van der Waals surface area (Å²) in [5.41, 5.74) is 3.78. The van der Waals surface area contributed by atoms with Crippen molar-refractivity contribution in [2.45, 2.75) is 25.5 Å². The van der Waals surface area contributed by atoms with Gasteiger partial charge in [0.2, 0.25) is 0 Å². The van der Waals surface area contributed by atoms with Crippen molar-refractivity contribution in [3.63, 3.8) is 0 Å². The highest BCUT2D eigenvalue weighted by Crippen LogP contribution is 2.18. The molecule has 0 aromatic carbocycles. The molecule has 0 aliphatic carbocycles. The first-order valence-corrected chi connectivity index (χ1v) is 4.29. The Balaban J connectivity index is 2.53. The van der Waals surface area contributed by atoms with Crippen molar-refractivity contribution in [3.05, 3.63) is 24.2 Å². The second kappa shape index (κ2) is 5.01. The third-order valence-electron chi connectivity index (χ3n) is 2.12. The molecule has 1 rings (SSSR count). The van der Waals surface area contributed by atoms with Gasteiger partial charge in [-0.25, -0.2) is 0 Å². The molecule has 0 saturated carbocycles. The lowest BCUT2D eigenvalue weighted by Gasteiger charge is -2.17. The average molecular weight is 184 g/mol. The van der Waals surface area contributed by atoms with E-state index in [2.05, 4.69) is 5.43 Å². The SMILES string of the molecule is COC(C)CC(NN)c1ccoc1. The summed E-state index contributed by atoms with van der Waals surface area (Å²) in [7, 11) is 1.69. The molecule has 3 N–H and O–H groups in total. The van der Waals surface area contributed by atoms with Crippen molar-refractivity contribution >= 4 is 0 Å². The summed E-state index contributed by atoms with van der Waals surface area (Å²) in [6.07, 6.45) is 4.33. The fraction of sp³-hybridized carbons (Fsp3) is 0.556. The summed E-state index contributed by atoms with van der Waals surface area (Å²) in [5, 5.41) is 0. The van der Waals surface area contributed by atoms with Gasteiger partial charge >= 0.3 is 0 Å². The Morgan fingerprint density at radius 3 is 2.92 bits per heavy atom. The first kappa shape index (κ1) is 10.2. The summed E-state index contributed by atoms with van der Waals surface area (Å²) < 4.78 is 10.1. The van der Waals surface area contributed by atoms with Crippen LogP contribution in [0, 0.1) is 0 Å². The Labute approximate surface area is 78.0 Å². The van der Waals surface area contributed by atoms with Crippen LogP contribution in [0.1, 0.15) is 24.9 Å². The van der Waals surface area contributed by atoms with Crippen LogP contribution in [0.3, 0.4) is 0 Å². The molecule has 0 saturated heterocycles. The van der Waals surface area contributed by atoms with Crippen LogP contribution in [0.4, 0.5) is 0 Å². The largest absolute Gasteiger partial charge is 0.472 e. The minimum absolute atomic E-state index is 0.0914. The van der Waals surface area contributed by atoms with Gasteiger partial charge < -0.3 is 9.15 Å². The molecule has 4 heteroatoms. The molecule has 1 heterocycles. The van der Waals surface area contributed by atoms with Crippen LogP contribution in [-0.2, 0) is 4.74 Å². The van der Waals surface area contributed by atoms with Crippen LogP contribution in [0.2, 0.25) is 0 Å². The highest BCUT2D eigenvalue weighted by Gasteiger charge is 2.14. The van der Waals surface area contributed by atoms with Crippen LogP contribution in [0.15, 0.2) is 23.0 Å². The van der Waals surface area contributed by atoms with E-state index < -0.39 is 0 Å². The van der Waals surface area contributed by atoms with Crippen LogP contribution in [-0.4, -0.2) is 13.2 Å². The molecular formula is C9H16N2O2. The number of methoxy groups -OCH3 is 1. The number of ether oxygens (including phenoxy) is 1. The Kier molecular flexibility index (Phi) is 3.95. The van der Waals surface area contributed by atoms with Crippen molar-refractivity contribution in [1.82, 2.24) is 5.43 Å². The van der Waals surface area contributed by atoms with Gasteiger partial charge in [0, 0.05) is 12.7 Å². The number of hydrogen-bond donors (Lipinski definition) is 2. The maximum atomic E-state index is 5.42. The molecule has 2 unspecified atom stereocenters. The zero-order chi connectivity index (χ0) is 9.68. The van der Waals surface area contributed by atoms with E-state index in [0.717, 1.165) is 12.0 Å². The molecule has 0 fully saturated rings. The van der Waals surface area contributed by atoms with E-state index in [1.165, 1.54) is 0 Å². The van der Waals surface area contributed by atoms with Crippen molar-refractivity contribution in [1.29, 1.82) is 0 Å². The maximum absolute atomic E-state index is 5.42. The Hall–Kier alpha value is -0.840. The number of nitrogens with two attached hydrogens (primary N) is 1. The molecule has 0 aliphatic rings. The van der Waals surface area contributed by atoms with E-state index in [1.54, 1.807) is 19.6 Å². The highest BCUT2D eigenvalue weighted by atomic mass is 16.5. The Morgan fingerprint density at radius 2 is 2.46 bits per heavy atom. The lowest BCUT2D eigenvalue weighted by atomic mass is 10.1. The molecule has 4 nitrogen and oxygen atoms in total.